The monoisotopic (exact) mass is 241 g/mol. The van der Waals surface area contributed by atoms with Crippen LogP contribution in [0.1, 0.15) is 5.56 Å². The third kappa shape index (κ3) is 2.45. The van der Waals surface area contributed by atoms with Crippen molar-refractivity contribution in [1.82, 2.24) is 9.36 Å². The lowest BCUT2D eigenvalue weighted by atomic mass is 10.2. The van der Waals surface area contributed by atoms with Crippen molar-refractivity contribution in [2.45, 2.75) is 10.1 Å². The molecule has 2 N–H and O–H groups in total. The lowest BCUT2D eigenvalue weighted by Crippen LogP contribution is -1.95. The van der Waals surface area contributed by atoms with E-state index in [1.54, 1.807) is 12.1 Å². The predicted molar refractivity (Wildman–Crippen MR) is 60.3 cm³/mol. The average Bonchev–Trinajstić information content (AvgIpc) is 2.70. The molecule has 2 aromatic rings. The average molecular weight is 241 g/mol. The molecule has 1 aromatic carbocycles. The Balaban J connectivity index is 2.11. The van der Waals surface area contributed by atoms with Crippen molar-refractivity contribution in [3.63, 3.8) is 0 Å². The number of rotatable bonds is 3. The van der Waals surface area contributed by atoms with E-state index in [-0.39, 0.29) is 5.82 Å². The molecular formula is C9H8FN3S2. The number of nitrogen functional groups attached to an aromatic ring is 1. The number of halogens is 1. The summed E-state index contributed by atoms with van der Waals surface area (Å²) in [4.78, 5) is 4.00. The molecule has 1 heterocycles. The summed E-state index contributed by atoms with van der Waals surface area (Å²) in [6.45, 7) is 0. The fraction of sp³-hybridized carbons (Fsp3) is 0.111. The van der Waals surface area contributed by atoms with Crippen LogP contribution in [0, 0.1) is 5.82 Å². The summed E-state index contributed by atoms with van der Waals surface area (Å²) < 4.78 is 18.0. The summed E-state index contributed by atoms with van der Waals surface area (Å²) in [6.07, 6.45) is 1.48. The first kappa shape index (κ1) is 10.4. The highest BCUT2D eigenvalue weighted by molar-refractivity contribution is 8.00. The number of nitrogens with two attached hydrogens (primary N) is 1. The summed E-state index contributed by atoms with van der Waals surface area (Å²) in [5.41, 5.74) is 6.68. The maximum atomic E-state index is 13.4. The Morgan fingerprint density at radius 2 is 2.33 bits per heavy atom. The molecule has 0 bridgehead atoms. The van der Waals surface area contributed by atoms with E-state index in [0.717, 1.165) is 4.34 Å². The second kappa shape index (κ2) is 4.59. The predicted octanol–water partition coefficient (Wildman–Crippen LogP) is 2.55. The minimum atomic E-state index is -0.271. The van der Waals surface area contributed by atoms with Crippen LogP contribution < -0.4 is 5.73 Å². The molecule has 0 unspecified atom stereocenters. The van der Waals surface area contributed by atoms with Gasteiger partial charge in [0.1, 0.15) is 12.1 Å². The van der Waals surface area contributed by atoms with Crippen LogP contribution in [-0.4, -0.2) is 9.36 Å². The summed E-state index contributed by atoms with van der Waals surface area (Å²) in [6, 6.07) is 4.70. The Labute approximate surface area is 94.7 Å². The molecule has 15 heavy (non-hydrogen) atoms. The highest BCUT2D eigenvalue weighted by Gasteiger charge is 2.07. The molecule has 2 rings (SSSR count). The van der Waals surface area contributed by atoms with E-state index in [1.165, 1.54) is 35.7 Å². The van der Waals surface area contributed by atoms with E-state index in [9.17, 15) is 4.39 Å². The maximum absolute atomic E-state index is 13.4. The van der Waals surface area contributed by atoms with Crippen LogP contribution in [0.25, 0.3) is 0 Å². The van der Waals surface area contributed by atoms with Gasteiger partial charge in [-0.3, -0.25) is 0 Å². The van der Waals surface area contributed by atoms with Crippen molar-refractivity contribution in [2.24, 2.45) is 0 Å². The Kier molecular flexibility index (Phi) is 3.17. The molecule has 0 amide bonds. The van der Waals surface area contributed by atoms with Gasteiger partial charge in [-0.25, -0.2) is 9.37 Å². The molecule has 0 spiro atoms. The number of hydrogen-bond acceptors (Lipinski definition) is 5. The van der Waals surface area contributed by atoms with Gasteiger partial charge in [0, 0.05) is 17.0 Å². The van der Waals surface area contributed by atoms with E-state index >= 15 is 0 Å². The molecule has 0 saturated carbocycles. The SMILES string of the molecule is Nc1cccc(F)c1CSc1ncns1. The lowest BCUT2D eigenvalue weighted by molar-refractivity contribution is 0.618. The molecular weight excluding hydrogens is 233 g/mol. The van der Waals surface area contributed by atoms with Crippen LogP contribution in [0.5, 0.6) is 0 Å². The summed E-state index contributed by atoms with van der Waals surface area (Å²) in [5.74, 6) is 0.209. The number of thioether (sulfide) groups is 1. The number of anilines is 1. The second-order valence-electron chi connectivity index (χ2n) is 2.80. The number of benzene rings is 1. The van der Waals surface area contributed by atoms with Crippen molar-refractivity contribution >= 4 is 29.0 Å². The number of hydrogen-bond donors (Lipinski definition) is 1. The lowest BCUT2D eigenvalue weighted by Gasteiger charge is -2.04. The summed E-state index contributed by atoms with van der Waals surface area (Å²) in [5, 5.41) is 0. The van der Waals surface area contributed by atoms with Gasteiger partial charge in [0.2, 0.25) is 0 Å². The summed E-state index contributed by atoms with van der Waals surface area (Å²) in [7, 11) is 0. The Morgan fingerprint density at radius 1 is 1.47 bits per heavy atom. The zero-order valence-electron chi connectivity index (χ0n) is 7.68. The summed E-state index contributed by atoms with van der Waals surface area (Å²) >= 11 is 2.73. The van der Waals surface area contributed by atoms with Crippen LogP contribution in [0.2, 0.25) is 0 Å². The van der Waals surface area contributed by atoms with Gasteiger partial charge < -0.3 is 5.73 Å². The van der Waals surface area contributed by atoms with Crippen molar-refractivity contribution in [1.29, 1.82) is 0 Å². The highest BCUT2D eigenvalue weighted by atomic mass is 32.2. The first-order valence-electron chi connectivity index (χ1n) is 4.19. The first-order chi connectivity index (χ1) is 7.27. The van der Waals surface area contributed by atoms with E-state index < -0.39 is 0 Å². The minimum absolute atomic E-state index is 0.271. The fourth-order valence-electron chi connectivity index (χ4n) is 1.09. The topological polar surface area (TPSA) is 51.8 Å². The van der Waals surface area contributed by atoms with Crippen molar-refractivity contribution in [3.05, 3.63) is 35.9 Å². The largest absolute Gasteiger partial charge is 0.398 e. The van der Waals surface area contributed by atoms with Gasteiger partial charge >= 0.3 is 0 Å². The quantitative estimate of drug-likeness (QED) is 0.662. The standard InChI is InChI=1S/C9H8FN3S2/c10-7-2-1-3-8(11)6(7)4-14-9-12-5-13-15-9/h1-3,5H,4,11H2. The van der Waals surface area contributed by atoms with Gasteiger partial charge in [0.05, 0.1) is 0 Å². The Bertz CT molecular complexity index is 424. The van der Waals surface area contributed by atoms with E-state index in [2.05, 4.69) is 9.36 Å². The smallest absolute Gasteiger partial charge is 0.170 e. The molecule has 1 aromatic heterocycles. The van der Waals surface area contributed by atoms with Gasteiger partial charge in [-0.05, 0) is 23.7 Å². The number of nitrogens with zero attached hydrogens (tertiary/aromatic N) is 2. The van der Waals surface area contributed by atoms with Gasteiger partial charge in [-0.2, -0.15) is 4.37 Å². The molecule has 0 aliphatic heterocycles. The normalized spacial score (nSPS) is 10.5. The van der Waals surface area contributed by atoms with Crippen molar-refractivity contribution in [3.8, 4) is 0 Å². The molecule has 0 atom stereocenters. The van der Waals surface area contributed by atoms with Crippen molar-refractivity contribution < 1.29 is 4.39 Å². The van der Waals surface area contributed by atoms with E-state index in [4.69, 9.17) is 5.73 Å². The van der Waals surface area contributed by atoms with Crippen LogP contribution in [-0.2, 0) is 5.75 Å². The molecule has 0 radical (unpaired) electrons. The van der Waals surface area contributed by atoms with E-state index in [0.29, 0.717) is 17.0 Å². The molecule has 6 heteroatoms. The molecule has 0 fully saturated rings. The molecule has 0 aliphatic carbocycles. The van der Waals surface area contributed by atoms with Crippen LogP contribution in [0.15, 0.2) is 28.9 Å². The molecule has 0 saturated heterocycles. The van der Waals surface area contributed by atoms with Gasteiger partial charge in [-0.15, -0.1) is 0 Å². The van der Waals surface area contributed by atoms with Gasteiger partial charge in [0.15, 0.2) is 4.34 Å². The Morgan fingerprint density at radius 3 is 3.00 bits per heavy atom. The van der Waals surface area contributed by atoms with Crippen LogP contribution in [0.3, 0.4) is 0 Å². The zero-order chi connectivity index (χ0) is 10.7. The molecule has 3 nitrogen and oxygen atoms in total. The minimum Gasteiger partial charge on any atom is -0.398 e. The maximum Gasteiger partial charge on any atom is 0.170 e. The van der Waals surface area contributed by atoms with Gasteiger partial charge in [-0.1, -0.05) is 17.8 Å². The third-order valence-corrected chi connectivity index (χ3v) is 3.66. The van der Waals surface area contributed by atoms with Crippen LogP contribution in [0.4, 0.5) is 10.1 Å². The fourth-order valence-corrected chi connectivity index (χ4v) is 2.58. The van der Waals surface area contributed by atoms with E-state index in [1.807, 2.05) is 0 Å². The molecule has 78 valence electrons. The zero-order valence-corrected chi connectivity index (χ0v) is 9.32. The Hall–Kier alpha value is -1.14. The first-order valence-corrected chi connectivity index (χ1v) is 5.95. The van der Waals surface area contributed by atoms with Crippen LogP contribution >= 0.6 is 23.3 Å². The number of aromatic nitrogens is 2. The second-order valence-corrected chi connectivity index (χ2v) is 4.81. The highest BCUT2D eigenvalue weighted by Crippen LogP contribution is 2.27. The molecule has 0 aliphatic rings. The third-order valence-electron chi connectivity index (χ3n) is 1.84. The van der Waals surface area contributed by atoms with Crippen molar-refractivity contribution in [2.75, 3.05) is 5.73 Å². The van der Waals surface area contributed by atoms with Gasteiger partial charge in [0.25, 0.3) is 0 Å².